The molecule has 1 spiro atoms. The van der Waals surface area contributed by atoms with Crippen LogP contribution in [0, 0.1) is 5.92 Å². The fraction of sp³-hybridized carbons (Fsp3) is 0.643. The lowest BCUT2D eigenvalue weighted by atomic mass is 9.82. The quantitative estimate of drug-likeness (QED) is 0.843. The van der Waals surface area contributed by atoms with Crippen LogP contribution in [0.2, 0.25) is 0 Å². The third-order valence-corrected chi connectivity index (χ3v) is 4.82. The lowest BCUT2D eigenvalue weighted by molar-refractivity contribution is -0.136. The molecule has 0 saturated carbocycles. The maximum Gasteiger partial charge on any atom is 0.141 e. The minimum absolute atomic E-state index is 0.155. The first kappa shape index (κ1) is 12.3. The third-order valence-electron chi connectivity index (χ3n) is 3.94. The highest BCUT2D eigenvalue weighted by atomic mass is 32.1. The van der Waals surface area contributed by atoms with Gasteiger partial charge in [-0.1, -0.05) is 6.07 Å². The fourth-order valence-electron chi connectivity index (χ4n) is 2.90. The van der Waals surface area contributed by atoms with Crippen LogP contribution in [0.3, 0.4) is 0 Å². The molecule has 18 heavy (non-hydrogen) atoms. The zero-order valence-corrected chi connectivity index (χ0v) is 11.2. The van der Waals surface area contributed by atoms with Gasteiger partial charge >= 0.3 is 0 Å². The molecule has 2 fully saturated rings. The summed E-state index contributed by atoms with van der Waals surface area (Å²) in [4.78, 5) is 13.5. The van der Waals surface area contributed by atoms with E-state index in [0.717, 1.165) is 25.9 Å². The van der Waals surface area contributed by atoms with Gasteiger partial charge in [0.2, 0.25) is 0 Å². The molecule has 2 atom stereocenters. The average Bonchev–Trinajstić information content (AvgIpc) is 3.02. The first-order chi connectivity index (χ1) is 8.77. The summed E-state index contributed by atoms with van der Waals surface area (Å²) in [6.45, 7) is 2.13. The van der Waals surface area contributed by atoms with E-state index in [1.165, 1.54) is 4.88 Å². The first-order valence-corrected chi connectivity index (χ1v) is 7.42. The van der Waals surface area contributed by atoms with Crippen molar-refractivity contribution in [3.8, 4) is 0 Å². The maximum atomic E-state index is 12.3. The maximum absolute atomic E-state index is 12.3. The smallest absolute Gasteiger partial charge is 0.141 e. The Balaban J connectivity index is 1.63. The molecule has 0 bridgehead atoms. The molecule has 0 aromatic carbocycles. The number of carbonyl (C=O) groups is 1. The number of Topliss-reactive ketones (excluding diaryl/α,β-unsaturated/α-hetero) is 1. The summed E-state index contributed by atoms with van der Waals surface area (Å²) in [5, 5.41) is 2.03. The second-order valence-corrected chi connectivity index (χ2v) is 6.28. The van der Waals surface area contributed by atoms with Crippen LogP contribution in [-0.2, 0) is 20.7 Å². The van der Waals surface area contributed by atoms with E-state index in [9.17, 15) is 4.79 Å². The number of hydrogen-bond donors (Lipinski definition) is 0. The number of rotatable bonds is 3. The summed E-state index contributed by atoms with van der Waals surface area (Å²) in [7, 11) is 0. The van der Waals surface area contributed by atoms with E-state index in [1.807, 2.05) is 17.5 Å². The molecule has 0 radical (unpaired) electrons. The lowest BCUT2D eigenvalue weighted by Gasteiger charge is -2.36. The predicted octanol–water partition coefficient (Wildman–Crippen LogP) is 2.45. The van der Waals surface area contributed by atoms with Crippen molar-refractivity contribution in [2.45, 2.75) is 31.3 Å². The summed E-state index contributed by atoms with van der Waals surface area (Å²) in [5.74, 6) is 0.523. The van der Waals surface area contributed by atoms with Crippen LogP contribution < -0.4 is 0 Å². The SMILES string of the molecule is O=C(Cc1cccs1)C1CCOC2(CCOC2)C1. The second kappa shape index (κ2) is 5.11. The first-order valence-electron chi connectivity index (χ1n) is 6.54. The van der Waals surface area contributed by atoms with E-state index in [2.05, 4.69) is 0 Å². The van der Waals surface area contributed by atoms with Crippen molar-refractivity contribution in [3.05, 3.63) is 22.4 Å². The van der Waals surface area contributed by atoms with Gasteiger partial charge in [0.15, 0.2) is 0 Å². The summed E-state index contributed by atoms with van der Waals surface area (Å²) < 4.78 is 11.3. The average molecular weight is 266 g/mol. The van der Waals surface area contributed by atoms with Crippen LogP contribution in [0.5, 0.6) is 0 Å². The van der Waals surface area contributed by atoms with E-state index >= 15 is 0 Å². The van der Waals surface area contributed by atoms with Crippen molar-refractivity contribution >= 4 is 17.1 Å². The Morgan fingerprint density at radius 3 is 3.17 bits per heavy atom. The summed E-state index contributed by atoms with van der Waals surface area (Å²) >= 11 is 1.66. The van der Waals surface area contributed by atoms with Crippen LogP contribution in [-0.4, -0.2) is 31.2 Å². The van der Waals surface area contributed by atoms with Crippen molar-refractivity contribution in [2.24, 2.45) is 5.92 Å². The summed E-state index contributed by atoms with van der Waals surface area (Å²) in [5.41, 5.74) is -0.159. The van der Waals surface area contributed by atoms with Crippen LogP contribution in [0.15, 0.2) is 17.5 Å². The normalized spacial score (nSPS) is 31.9. The second-order valence-electron chi connectivity index (χ2n) is 5.25. The van der Waals surface area contributed by atoms with Crippen molar-refractivity contribution in [2.75, 3.05) is 19.8 Å². The highest BCUT2D eigenvalue weighted by molar-refractivity contribution is 7.10. The Labute approximate surface area is 111 Å². The van der Waals surface area contributed by atoms with Crippen molar-refractivity contribution in [1.82, 2.24) is 0 Å². The molecule has 98 valence electrons. The Morgan fingerprint density at radius 2 is 2.44 bits per heavy atom. The third kappa shape index (κ3) is 2.51. The molecular weight excluding hydrogens is 248 g/mol. The van der Waals surface area contributed by atoms with Gasteiger partial charge in [-0.2, -0.15) is 0 Å². The van der Waals surface area contributed by atoms with E-state index in [0.29, 0.717) is 25.4 Å². The van der Waals surface area contributed by atoms with Gasteiger partial charge in [-0.05, 0) is 24.3 Å². The molecule has 0 N–H and O–H groups in total. The predicted molar refractivity (Wildman–Crippen MR) is 69.9 cm³/mol. The highest BCUT2D eigenvalue weighted by Crippen LogP contribution is 2.36. The molecule has 0 amide bonds. The molecule has 1 aromatic rings. The molecular formula is C14H18O3S. The molecule has 3 rings (SSSR count). The molecule has 3 heterocycles. The minimum atomic E-state index is -0.159. The van der Waals surface area contributed by atoms with Gasteiger partial charge in [0, 0.05) is 36.9 Å². The van der Waals surface area contributed by atoms with Gasteiger partial charge in [-0.25, -0.2) is 0 Å². The molecule has 2 aliphatic heterocycles. The number of thiophene rings is 1. The monoisotopic (exact) mass is 266 g/mol. The van der Waals surface area contributed by atoms with Crippen molar-refractivity contribution in [1.29, 1.82) is 0 Å². The highest BCUT2D eigenvalue weighted by Gasteiger charge is 2.42. The van der Waals surface area contributed by atoms with Crippen LogP contribution in [0.4, 0.5) is 0 Å². The minimum Gasteiger partial charge on any atom is -0.378 e. The van der Waals surface area contributed by atoms with Gasteiger partial charge in [-0.3, -0.25) is 4.79 Å². The van der Waals surface area contributed by atoms with Gasteiger partial charge in [0.1, 0.15) is 5.78 Å². The number of ketones is 1. The van der Waals surface area contributed by atoms with Crippen LogP contribution in [0.1, 0.15) is 24.1 Å². The molecule has 0 aliphatic carbocycles. The lowest BCUT2D eigenvalue weighted by Crippen LogP contribution is -2.42. The molecule has 2 unspecified atom stereocenters. The van der Waals surface area contributed by atoms with E-state index in [1.54, 1.807) is 11.3 Å². The van der Waals surface area contributed by atoms with Gasteiger partial charge < -0.3 is 9.47 Å². The Hall–Kier alpha value is -0.710. The number of carbonyl (C=O) groups excluding carboxylic acids is 1. The standard InChI is InChI=1S/C14H18O3S/c15-13(8-12-2-1-7-18-12)11-3-5-17-14(9-11)4-6-16-10-14/h1-2,7,11H,3-6,8-10H2. The molecule has 4 heteroatoms. The fourth-order valence-corrected chi connectivity index (χ4v) is 3.61. The Kier molecular flexibility index (Phi) is 3.50. The van der Waals surface area contributed by atoms with E-state index in [4.69, 9.17) is 9.47 Å². The molecule has 1 aromatic heterocycles. The topological polar surface area (TPSA) is 35.5 Å². The van der Waals surface area contributed by atoms with Gasteiger partial charge in [0.25, 0.3) is 0 Å². The zero-order chi connectivity index (χ0) is 12.4. The van der Waals surface area contributed by atoms with Crippen LogP contribution in [0.25, 0.3) is 0 Å². The number of hydrogen-bond acceptors (Lipinski definition) is 4. The van der Waals surface area contributed by atoms with Gasteiger partial charge in [-0.15, -0.1) is 11.3 Å². The van der Waals surface area contributed by atoms with Crippen LogP contribution >= 0.6 is 11.3 Å². The largest absolute Gasteiger partial charge is 0.378 e. The Morgan fingerprint density at radius 1 is 1.50 bits per heavy atom. The molecule has 2 aliphatic rings. The van der Waals surface area contributed by atoms with E-state index in [-0.39, 0.29) is 11.5 Å². The number of ether oxygens (including phenoxy) is 2. The Bertz CT molecular complexity index is 407. The van der Waals surface area contributed by atoms with Gasteiger partial charge in [0.05, 0.1) is 12.2 Å². The summed E-state index contributed by atoms with van der Waals surface area (Å²) in [6, 6.07) is 4.04. The van der Waals surface area contributed by atoms with E-state index < -0.39 is 0 Å². The molecule has 2 saturated heterocycles. The zero-order valence-electron chi connectivity index (χ0n) is 10.4. The summed E-state index contributed by atoms with van der Waals surface area (Å²) in [6.07, 6.45) is 3.23. The van der Waals surface area contributed by atoms with Crippen molar-refractivity contribution in [3.63, 3.8) is 0 Å². The molecule has 3 nitrogen and oxygen atoms in total. The van der Waals surface area contributed by atoms with Crippen molar-refractivity contribution < 1.29 is 14.3 Å².